The first-order valence-electron chi connectivity index (χ1n) is 8.28. The van der Waals surface area contributed by atoms with Crippen molar-refractivity contribution in [3.8, 4) is 0 Å². The second-order valence-corrected chi connectivity index (χ2v) is 8.78. The van der Waals surface area contributed by atoms with Crippen molar-refractivity contribution in [1.29, 1.82) is 0 Å². The minimum atomic E-state index is -3.15. The number of sulfonamides is 1. The predicted molar refractivity (Wildman–Crippen MR) is 86.0 cm³/mol. The molecule has 5 nitrogen and oxygen atoms in total. The van der Waals surface area contributed by atoms with Gasteiger partial charge in [0.2, 0.25) is 10.0 Å². The molecule has 2 aliphatic rings. The molecule has 6 heteroatoms. The zero-order valence-corrected chi connectivity index (χ0v) is 14.1. The van der Waals surface area contributed by atoms with Crippen LogP contribution in [-0.4, -0.2) is 42.8 Å². The highest BCUT2D eigenvalue weighted by Crippen LogP contribution is 2.29. The average Bonchev–Trinajstić information content (AvgIpc) is 3.26. The third-order valence-electron chi connectivity index (χ3n) is 4.66. The van der Waals surface area contributed by atoms with Crippen LogP contribution in [0.5, 0.6) is 0 Å². The van der Waals surface area contributed by atoms with Crippen LogP contribution in [-0.2, 0) is 27.8 Å². The van der Waals surface area contributed by atoms with E-state index in [0.29, 0.717) is 19.0 Å². The molecule has 0 N–H and O–H groups in total. The van der Waals surface area contributed by atoms with Crippen molar-refractivity contribution >= 4 is 10.0 Å². The molecule has 1 atom stereocenters. The van der Waals surface area contributed by atoms with Gasteiger partial charge in [0.1, 0.15) is 0 Å². The van der Waals surface area contributed by atoms with Gasteiger partial charge in [-0.1, -0.05) is 0 Å². The second-order valence-electron chi connectivity index (χ2n) is 6.52. The fraction of sp³-hybridized carbons (Fsp3) is 0.750. The van der Waals surface area contributed by atoms with Crippen LogP contribution >= 0.6 is 0 Å². The topological polar surface area (TPSA) is 51.5 Å². The van der Waals surface area contributed by atoms with Gasteiger partial charge in [-0.25, -0.2) is 8.42 Å². The number of fused-ring (bicyclic) bond motifs is 1. The van der Waals surface area contributed by atoms with Gasteiger partial charge in [-0.15, -0.1) is 0 Å². The Balaban J connectivity index is 1.64. The van der Waals surface area contributed by atoms with Crippen LogP contribution in [0.2, 0.25) is 0 Å². The summed E-state index contributed by atoms with van der Waals surface area (Å²) in [6.07, 6.45) is 5.58. The van der Waals surface area contributed by atoms with Gasteiger partial charge >= 0.3 is 0 Å². The minimum absolute atomic E-state index is 0.165. The highest BCUT2D eigenvalue weighted by molar-refractivity contribution is 7.89. The van der Waals surface area contributed by atoms with E-state index < -0.39 is 10.0 Å². The summed E-state index contributed by atoms with van der Waals surface area (Å²) in [5.41, 5.74) is 1.08. The van der Waals surface area contributed by atoms with Crippen LogP contribution in [0.1, 0.15) is 31.9 Å². The van der Waals surface area contributed by atoms with Crippen LogP contribution in [0.15, 0.2) is 18.3 Å². The van der Waals surface area contributed by atoms with E-state index in [9.17, 15) is 8.42 Å². The first-order chi connectivity index (χ1) is 10.6. The highest BCUT2D eigenvalue weighted by Gasteiger charge is 2.28. The summed E-state index contributed by atoms with van der Waals surface area (Å²) >= 11 is 0. The lowest BCUT2D eigenvalue weighted by molar-refractivity contribution is 0.106. The van der Waals surface area contributed by atoms with Crippen molar-refractivity contribution in [2.75, 3.05) is 25.5 Å². The Kier molecular flexibility index (Phi) is 4.90. The molecular weight excluding hydrogens is 300 g/mol. The summed E-state index contributed by atoms with van der Waals surface area (Å²) in [4.78, 5) is 0. The summed E-state index contributed by atoms with van der Waals surface area (Å²) in [5.74, 6) is 1.26. The molecule has 0 saturated heterocycles. The molecule has 2 heterocycles. The van der Waals surface area contributed by atoms with Crippen molar-refractivity contribution in [3.63, 3.8) is 0 Å². The molecule has 0 radical (unpaired) electrons. The fourth-order valence-corrected chi connectivity index (χ4v) is 4.13. The maximum absolute atomic E-state index is 12.3. The van der Waals surface area contributed by atoms with E-state index >= 15 is 0 Å². The van der Waals surface area contributed by atoms with E-state index in [4.69, 9.17) is 4.74 Å². The molecule has 1 aromatic rings. The van der Waals surface area contributed by atoms with Gasteiger partial charge in [0.05, 0.1) is 12.3 Å². The standard InChI is InChI=1S/C16H26N2O3S/c1-2-22(19,20)18-11-15(7-9-21-13-14-5-6-14)10-17-8-3-4-16(17)12-18/h3-4,8,14-15H,2,5-7,9-13H2,1H3/t15-/m1/s1. The second kappa shape index (κ2) is 6.72. The molecule has 1 aromatic heterocycles. The summed E-state index contributed by atoms with van der Waals surface area (Å²) in [5, 5.41) is 0. The molecule has 1 saturated carbocycles. The summed E-state index contributed by atoms with van der Waals surface area (Å²) in [6, 6.07) is 4.02. The van der Waals surface area contributed by atoms with Crippen molar-refractivity contribution in [1.82, 2.24) is 8.87 Å². The zero-order valence-electron chi connectivity index (χ0n) is 13.3. The summed E-state index contributed by atoms with van der Waals surface area (Å²) < 4.78 is 34.2. The molecule has 1 aliphatic carbocycles. The minimum Gasteiger partial charge on any atom is -0.381 e. The van der Waals surface area contributed by atoms with Crippen molar-refractivity contribution < 1.29 is 13.2 Å². The lowest BCUT2D eigenvalue weighted by Crippen LogP contribution is -2.35. The van der Waals surface area contributed by atoms with Gasteiger partial charge < -0.3 is 9.30 Å². The summed E-state index contributed by atoms with van der Waals surface area (Å²) in [7, 11) is -3.15. The van der Waals surface area contributed by atoms with E-state index in [-0.39, 0.29) is 5.75 Å². The molecule has 3 rings (SSSR count). The normalized spacial score (nSPS) is 23.2. The van der Waals surface area contributed by atoms with Gasteiger partial charge in [0.25, 0.3) is 0 Å². The quantitative estimate of drug-likeness (QED) is 0.721. The Morgan fingerprint density at radius 1 is 1.27 bits per heavy atom. The van der Waals surface area contributed by atoms with Crippen molar-refractivity contribution in [2.45, 2.75) is 39.3 Å². The van der Waals surface area contributed by atoms with Gasteiger partial charge in [-0.05, 0) is 50.2 Å². The Morgan fingerprint density at radius 3 is 2.82 bits per heavy atom. The number of ether oxygens (including phenoxy) is 1. The molecule has 0 amide bonds. The van der Waals surface area contributed by atoms with E-state index in [1.807, 2.05) is 12.1 Å². The van der Waals surface area contributed by atoms with Crippen molar-refractivity contribution in [3.05, 3.63) is 24.0 Å². The SMILES string of the molecule is CCS(=O)(=O)N1Cc2cccn2C[C@@H](CCOCC2CC2)C1. The fourth-order valence-electron chi connectivity index (χ4n) is 3.00. The zero-order chi connectivity index (χ0) is 15.6. The van der Waals surface area contributed by atoms with Crippen LogP contribution < -0.4 is 0 Å². The molecule has 0 unspecified atom stereocenters. The summed E-state index contributed by atoms with van der Waals surface area (Å²) in [6.45, 7) is 5.29. The van der Waals surface area contributed by atoms with Gasteiger partial charge in [0.15, 0.2) is 0 Å². The Hall–Kier alpha value is -0.850. The van der Waals surface area contributed by atoms with Crippen LogP contribution in [0.4, 0.5) is 0 Å². The van der Waals surface area contributed by atoms with Gasteiger partial charge in [-0.2, -0.15) is 4.31 Å². The van der Waals surface area contributed by atoms with Gasteiger partial charge in [0, 0.05) is 38.2 Å². The third-order valence-corrected chi connectivity index (χ3v) is 6.45. The number of hydrogen-bond acceptors (Lipinski definition) is 3. The van der Waals surface area contributed by atoms with Crippen molar-refractivity contribution in [2.24, 2.45) is 11.8 Å². The Bertz CT molecular complexity index is 592. The molecule has 1 fully saturated rings. The number of hydrogen-bond donors (Lipinski definition) is 0. The third kappa shape index (κ3) is 3.91. The largest absolute Gasteiger partial charge is 0.381 e. The predicted octanol–water partition coefficient (Wildman–Crippen LogP) is 2.09. The molecule has 0 spiro atoms. The first-order valence-corrected chi connectivity index (χ1v) is 9.89. The lowest BCUT2D eigenvalue weighted by Gasteiger charge is -2.23. The smallest absolute Gasteiger partial charge is 0.214 e. The highest BCUT2D eigenvalue weighted by atomic mass is 32.2. The molecular formula is C16H26N2O3S. The lowest BCUT2D eigenvalue weighted by atomic mass is 10.1. The van der Waals surface area contributed by atoms with E-state index in [2.05, 4.69) is 10.8 Å². The van der Waals surface area contributed by atoms with Crippen LogP contribution in [0.3, 0.4) is 0 Å². The molecule has 124 valence electrons. The Labute approximate surface area is 133 Å². The number of aromatic nitrogens is 1. The maximum Gasteiger partial charge on any atom is 0.214 e. The maximum atomic E-state index is 12.3. The number of rotatable bonds is 7. The van der Waals surface area contributed by atoms with E-state index in [1.165, 1.54) is 12.8 Å². The monoisotopic (exact) mass is 326 g/mol. The van der Waals surface area contributed by atoms with E-state index in [0.717, 1.165) is 37.8 Å². The van der Waals surface area contributed by atoms with Gasteiger partial charge in [-0.3, -0.25) is 0 Å². The Morgan fingerprint density at radius 2 is 2.09 bits per heavy atom. The molecule has 0 aromatic carbocycles. The first kappa shape index (κ1) is 16.0. The molecule has 1 aliphatic heterocycles. The van der Waals surface area contributed by atoms with E-state index in [1.54, 1.807) is 11.2 Å². The molecule has 22 heavy (non-hydrogen) atoms. The van der Waals surface area contributed by atoms with Crippen LogP contribution in [0, 0.1) is 11.8 Å². The molecule has 0 bridgehead atoms. The van der Waals surface area contributed by atoms with Crippen LogP contribution in [0.25, 0.3) is 0 Å². The number of nitrogens with zero attached hydrogens (tertiary/aromatic N) is 2. The average molecular weight is 326 g/mol.